The van der Waals surface area contributed by atoms with Crippen LogP contribution in [0.25, 0.3) is 0 Å². The van der Waals surface area contributed by atoms with E-state index in [9.17, 15) is 27.6 Å². The number of sulfonamides is 1. The number of nitrogens with zero attached hydrogens (tertiary/aromatic N) is 5. The molecule has 1 atom stereocenters. The number of hydrogen-bond acceptors (Lipinski definition) is 13. The van der Waals surface area contributed by atoms with Crippen LogP contribution in [0.3, 0.4) is 0 Å². The van der Waals surface area contributed by atoms with Crippen LogP contribution in [0.15, 0.2) is 79.0 Å². The lowest BCUT2D eigenvalue weighted by Crippen LogP contribution is -2.54. The van der Waals surface area contributed by atoms with Gasteiger partial charge in [-0.15, -0.1) is 0 Å². The molecule has 0 saturated carbocycles. The van der Waals surface area contributed by atoms with Crippen LogP contribution in [0.4, 0.5) is 11.6 Å². The summed E-state index contributed by atoms with van der Waals surface area (Å²) in [7, 11) is -3.47. The summed E-state index contributed by atoms with van der Waals surface area (Å²) in [5.74, 6) is -0.442. The van der Waals surface area contributed by atoms with Crippen molar-refractivity contribution >= 4 is 45.3 Å². The van der Waals surface area contributed by atoms with Gasteiger partial charge in [0, 0.05) is 63.1 Å². The zero-order chi connectivity index (χ0) is 45.3. The minimum Gasteiger partial charge on any atom is -0.494 e. The highest BCUT2D eigenvalue weighted by Crippen LogP contribution is 2.34. The molecule has 0 aliphatic carbocycles. The molecule has 16 nitrogen and oxygen atoms in total. The highest BCUT2D eigenvalue weighted by Gasteiger charge is 2.44. The molecule has 0 spiro atoms. The van der Waals surface area contributed by atoms with Crippen LogP contribution in [0.1, 0.15) is 96.3 Å². The summed E-state index contributed by atoms with van der Waals surface area (Å²) in [5, 5.41) is 2.24. The molecule has 3 aromatic carbocycles. The highest BCUT2D eigenvalue weighted by molar-refractivity contribution is 7.92. The normalized spacial score (nSPS) is 17.1. The zero-order valence-corrected chi connectivity index (χ0v) is 37.5. The maximum atomic E-state index is 13.2. The van der Waals surface area contributed by atoms with E-state index in [-0.39, 0.29) is 30.8 Å². The molecule has 3 aliphatic rings. The monoisotopic (exact) mass is 895 g/mol. The van der Waals surface area contributed by atoms with E-state index < -0.39 is 39.7 Å². The van der Waals surface area contributed by atoms with Crippen LogP contribution < -0.4 is 24.4 Å². The average Bonchev–Trinajstić information content (AvgIpc) is 3.52. The maximum absolute atomic E-state index is 13.2. The van der Waals surface area contributed by atoms with Gasteiger partial charge < -0.3 is 19.1 Å². The average molecular weight is 896 g/mol. The van der Waals surface area contributed by atoms with Crippen molar-refractivity contribution < 1.29 is 41.8 Å². The van der Waals surface area contributed by atoms with Gasteiger partial charge >= 0.3 is 0 Å². The molecule has 4 heterocycles. The number of piperazine rings is 1. The molecule has 17 heteroatoms. The number of imide groups is 2. The van der Waals surface area contributed by atoms with Gasteiger partial charge in [0.2, 0.25) is 27.8 Å². The Balaban J connectivity index is 0.723. The molecule has 2 saturated heterocycles. The van der Waals surface area contributed by atoms with E-state index in [1.165, 1.54) is 11.8 Å². The van der Waals surface area contributed by atoms with Crippen molar-refractivity contribution in [3.63, 3.8) is 0 Å². The topological polar surface area (TPSA) is 190 Å². The molecule has 340 valence electrons. The first-order valence-corrected chi connectivity index (χ1v) is 23.8. The van der Waals surface area contributed by atoms with Crippen molar-refractivity contribution in [1.29, 1.82) is 0 Å². The number of piperidine rings is 1. The largest absolute Gasteiger partial charge is 0.494 e. The van der Waals surface area contributed by atoms with Crippen molar-refractivity contribution in [3.05, 3.63) is 107 Å². The molecular formula is C47H57N7O9S. The number of aromatic nitrogens is 2. The predicted octanol–water partition coefficient (Wildman–Crippen LogP) is 5.32. The Morgan fingerprint density at radius 1 is 0.766 bits per heavy atom. The van der Waals surface area contributed by atoms with Crippen LogP contribution >= 0.6 is 0 Å². The summed E-state index contributed by atoms with van der Waals surface area (Å²) < 4.78 is 43.2. The Morgan fingerprint density at radius 3 is 2.08 bits per heavy atom. The van der Waals surface area contributed by atoms with Crippen molar-refractivity contribution in [2.24, 2.45) is 0 Å². The molecule has 2 N–H and O–H groups in total. The third kappa shape index (κ3) is 11.8. The van der Waals surface area contributed by atoms with E-state index in [4.69, 9.17) is 14.2 Å². The van der Waals surface area contributed by atoms with Gasteiger partial charge in [-0.05, 0) is 78.9 Å². The number of unbranched alkanes of at least 4 members (excludes halogenated alkanes) is 4. The number of benzene rings is 3. The molecule has 1 aromatic heterocycles. The fraction of sp³-hybridized carbons (Fsp3) is 0.447. The first-order valence-electron chi connectivity index (χ1n) is 21.9. The van der Waals surface area contributed by atoms with Crippen LogP contribution in [0.5, 0.6) is 11.5 Å². The number of fused-ring (bicyclic) bond motifs is 1. The van der Waals surface area contributed by atoms with Crippen molar-refractivity contribution in [2.45, 2.75) is 76.9 Å². The summed E-state index contributed by atoms with van der Waals surface area (Å²) in [5.41, 5.74) is 4.07. The van der Waals surface area contributed by atoms with Crippen LogP contribution in [0.2, 0.25) is 0 Å². The highest BCUT2D eigenvalue weighted by atomic mass is 32.2. The van der Waals surface area contributed by atoms with Gasteiger partial charge in [-0.2, -0.15) is 0 Å². The number of nitrogens with one attached hydrogen (secondary N) is 2. The second kappa shape index (κ2) is 20.7. The summed E-state index contributed by atoms with van der Waals surface area (Å²) >= 11 is 0. The van der Waals surface area contributed by atoms with Gasteiger partial charge in [0.25, 0.3) is 11.8 Å². The van der Waals surface area contributed by atoms with Gasteiger partial charge in [-0.1, -0.05) is 57.4 Å². The zero-order valence-electron chi connectivity index (χ0n) is 36.7. The number of amides is 4. The summed E-state index contributed by atoms with van der Waals surface area (Å²) in [6, 6.07) is 22.2. The van der Waals surface area contributed by atoms with E-state index in [2.05, 4.69) is 55.8 Å². The molecule has 3 aliphatic heterocycles. The van der Waals surface area contributed by atoms with E-state index in [0.29, 0.717) is 35.8 Å². The molecular weight excluding hydrogens is 839 g/mol. The third-order valence-electron chi connectivity index (χ3n) is 11.9. The Morgan fingerprint density at radius 2 is 1.41 bits per heavy atom. The van der Waals surface area contributed by atoms with Gasteiger partial charge in [0.1, 0.15) is 24.1 Å². The lowest BCUT2D eigenvalue weighted by atomic mass is 9.78. The van der Waals surface area contributed by atoms with Gasteiger partial charge in [0.05, 0.1) is 36.3 Å². The third-order valence-corrected chi connectivity index (χ3v) is 12.5. The fourth-order valence-electron chi connectivity index (χ4n) is 8.16. The van der Waals surface area contributed by atoms with Gasteiger partial charge in [0.15, 0.2) is 0 Å². The second-order valence-electron chi connectivity index (χ2n) is 16.9. The van der Waals surface area contributed by atoms with Crippen molar-refractivity contribution in [2.75, 3.05) is 68.4 Å². The Bertz CT molecular complexity index is 2400. The quantitative estimate of drug-likeness (QED) is 0.0809. The number of rotatable bonds is 21. The molecule has 4 amide bonds. The van der Waals surface area contributed by atoms with Crippen LogP contribution in [0, 0.1) is 0 Å². The first-order chi connectivity index (χ1) is 30.7. The minimum absolute atomic E-state index is 0.00729. The van der Waals surface area contributed by atoms with Gasteiger partial charge in [-0.25, -0.2) is 18.4 Å². The van der Waals surface area contributed by atoms with Gasteiger partial charge in [-0.3, -0.25) is 39.0 Å². The SMILES string of the molecule is CC(C)(c1ccc(OCCCCCCCOCCN2CCN(c3ccc4c(c3)C(=O)N(C3CCC(=O)NC3=O)C4=O)CC2)cc1)c1ccc(OCc2ccnc(NS(C)(=O)=O)n2)cc1. The van der Waals surface area contributed by atoms with Crippen LogP contribution in [-0.4, -0.2) is 117 Å². The minimum atomic E-state index is -3.47. The molecule has 4 aromatic rings. The summed E-state index contributed by atoms with van der Waals surface area (Å²) in [4.78, 5) is 64.0. The van der Waals surface area contributed by atoms with Crippen molar-refractivity contribution in [1.82, 2.24) is 25.1 Å². The molecule has 0 bridgehead atoms. The lowest BCUT2D eigenvalue weighted by Gasteiger charge is -2.36. The lowest BCUT2D eigenvalue weighted by molar-refractivity contribution is -0.136. The van der Waals surface area contributed by atoms with Crippen molar-refractivity contribution in [3.8, 4) is 11.5 Å². The van der Waals surface area contributed by atoms with E-state index in [1.807, 2.05) is 42.5 Å². The molecule has 0 radical (unpaired) electrons. The number of hydrogen-bond donors (Lipinski definition) is 2. The Kier molecular flexibility index (Phi) is 14.9. The maximum Gasteiger partial charge on any atom is 0.262 e. The first kappa shape index (κ1) is 46.1. The molecule has 2 fully saturated rings. The van der Waals surface area contributed by atoms with E-state index in [0.717, 1.165) is 99.6 Å². The molecule has 1 unspecified atom stereocenters. The standard InChI is InChI=1S/C47H57N7O9S/c1-47(2,34-11-16-38(17-12-34)63-32-35-21-22-48-46(49-35)51-64(3,59)60)33-9-14-37(15-10-33)62-29-8-6-4-5-7-28-61-30-27-52-23-25-53(26-24-52)36-13-18-39-40(31-36)45(58)54(44(39)57)41-19-20-42(55)50-43(41)56/h9-18,21-22,31,41H,4-8,19-20,23-30,32H2,1-3H3,(H,48,49,51)(H,50,55,56). The predicted molar refractivity (Wildman–Crippen MR) is 241 cm³/mol. The second-order valence-corrected chi connectivity index (χ2v) is 18.7. The number of ether oxygens (including phenoxy) is 3. The van der Waals surface area contributed by atoms with E-state index >= 15 is 0 Å². The number of carbonyl (C=O) groups is 4. The van der Waals surface area contributed by atoms with E-state index in [1.54, 1.807) is 18.2 Å². The smallest absolute Gasteiger partial charge is 0.262 e. The number of carbonyl (C=O) groups excluding carboxylic acids is 4. The molecule has 7 rings (SSSR count). The molecule has 64 heavy (non-hydrogen) atoms. The summed E-state index contributed by atoms with van der Waals surface area (Å²) in [6.07, 6.45) is 8.13. The Hall–Kier alpha value is -5.91. The fourth-order valence-corrected chi connectivity index (χ4v) is 8.59. The number of anilines is 2. The van der Waals surface area contributed by atoms with Crippen LogP contribution in [-0.2, 0) is 36.4 Å². The Labute approximate surface area is 374 Å². The summed E-state index contributed by atoms with van der Waals surface area (Å²) in [6.45, 7) is 10.8.